The van der Waals surface area contributed by atoms with Gasteiger partial charge in [0.15, 0.2) is 0 Å². The number of amides is 1. The normalized spacial score (nSPS) is 15.5. The number of carbonyl (C=O) groups excluding carboxylic acids is 1. The number of rotatable bonds is 6. The van der Waals surface area contributed by atoms with E-state index in [9.17, 15) is 9.59 Å². The Balaban J connectivity index is 1.66. The second kappa shape index (κ2) is 6.72. The standard InChI is InChI=1S/C16H17BrN4O3/c17-12-4-2-11(3-5-12)16(6-1-7-16)15(24)18-8-13-9-21(20-19-13)10-14(22)23/h2-5,9H,1,6-8,10H2,(H,18,24)(H,22,23). The minimum absolute atomic E-state index is 0.0242. The largest absolute Gasteiger partial charge is 0.480 e. The van der Waals surface area contributed by atoms with Gasteiger partial charge in [-0.1, -0.05) is 39.7 Å². The van der Waals surface area contributed by atoms with E-state index in [1.165, 1.54) is 10.9 Å². The molecule has 1 heterocycles. The highest BCUT2D eigenvalue weighted by molar-refractivity contribution is 9.10. The van der Waals surface area contributed by atoms with Crippen LogP contribution in [0.5, 0.6) is 0 Å². The lowest BCUT2D eigenvalue weighted by molar-refractivity contribution is -0.138. The van der Waals surface area contributed by atoms with E-state index in [2.05, 4.69) is 31.6 Å². The molecule has 7 nitrogen and oxygen atoms in total. The van der Waals surface area contributed by atoms with Gasteiger partial charge in [-0.2, -0.15) is 0 Å². The second-order valence-corrected chi connectivity index (χ2v) is 6.84. The Kier molecular flexibility index (Phi) is 4.66. The summed E-state index contributed by atoms with van der Waals surface area (Å²) in [7, 11) is 0. The molecule has 2 aromatic rings. The first-order chi connectivity index (χ1) is 11.5. The molecule has 2 N–H and O–H groups in total. The second-order valence-electron chi connectivity index (χ2n) is 5.93. The average molecular weight is 393 g/mol. The zero-order valence-electron chi connectivity index (χ0n) is 12.9. The summed E-state index contributed by atoms with van der Waals surface area (Å²) < 4.78 is 2.22. The summed E-state index contributed by atoms with van der Waals surface area (Å²) in [6.07, 6.45) is 4.21. The molecule has 1 amide bonds. The van der Waals surface area contributed by atoms with Gasteiger partial charge in [0.25, 0.3) is 0 Å². The van der Waals surface area contributed by atoms with E-state index in [4.69, 9.17) is 5.11 Å². The fraction of sp³-hybridized carbons (Fsp3) is 0.375. The summed E-state index contributed by atoms with van der Waals surface area (Å²) in [5.74, 6) is -1.01. The van der Waals surface area contributed by atoms with Crippen LogP contribution in [-0.4, -0.2) is 32.0 Å². The van der Waals surface area contributed by atoms with Gasteiger partial charge in [-0.05, 0) is 30.5 Å². The monoisotopic (exact) mass is 392 g/mol. The molecule has 0 radical (unpaired) electrons. The number of aromatic nitrogens is 3. The van der Waals surface area contributed by atoms with Crippen LogP contribution in [0, 0.1) is 0 Å². The number of aliphatic carboxylic acids is 1. The van der Waals surface area contributed by atoms with Gasteiger partial charge >= 0.3 is 5.97 Å². The molecule has 3 rings (SSSR count). The van der Waals surface area contributed by atoms with E-state index in [-0.39, 0.29) is 19.0 Å². The molecule has 0 bridgehead atoms. The molecule has 1 aromatic heterocycles. The number of carboxylic acids is 1. The number of carbonyl (C=O) groups is 2. The van der Waals surface area contributed by atoms with E-state index < -0.39 is 11.4 Å². The molecule has 8 heteroatoms. The number of halogens is 1. The Labute approximate surface area is 147 Å². The molecule has 0 saturated heterocycles. The number of nitrogens with zero attached hydrogens (tertiary/aromatic N) is 3. The molecule has 24 heavy (non-hydrogen) atoms. The lowest BCUT2D eigenvalue weighted by Crippen LogP contribution is -2.49. The number of hydrogen-bond acceptors (Lipinski definition) is 4. The van der Waals surface area contributed by atoms with Crippen LogP contribution >= 0.6 is 15.9 Å². The Hall–Kier alpha value is -2.22. The van der Waals surface area contributed by atoms with E-state index in [0.29, 0.717) is 5.69 Å². The maximum atomic E-state index is 12.7. The third-order valence-corrected chi connectivity index (χ3v) is 4.88. The Morgan fingerprint density at radius 2 is 2.00 bits per heavy atom. The van der Waals surface area contributed by atoms with Crippen LogP contribution in [0.15, 0.2) is 34.9 Å². The molecule has 0 aliphatic heterocycles. The number of nitrogens with one attached hydrogen (secondary N) is 1. The summed E-state index contributed by atoms with van der Waals surface area (Å²) in [4.78, 5) is 23.4. The van der Waals surface area contributed by atoms with Crippen molar-refractivity contribution in [2.75, 3.05) is 0 Å². The maximum absolute atomic E-state index is 12.7. The maximum Gasteiger partial charge on any atom is 0.325 e. The van der Waals surface area contributed by atoms with Crippen molar-refractivity contribution >= 4 is 27.8 Å². The summed E-state index contributed by atoms with van der Waals surface area (Å²) in [5, 5.41) is 19.2. The van der Waals surface area contributed by atoms with Gasteiger partial charge in [0, 0.05) is 4.47 Å². The van der Waals surface area contributed by atoms with Crippen LogP contribution in [0.2, 0.25) is 0 Å². The highest BCUT2D eigenvalue weighted by atomic mass is 79.9. The van der Waals surface area contributed by atoms with Crippen molar-refractivity contribution in [3.63, 3.8) is 0 Å². The van der Waals surface area contributed by atoms with Gasteiger partial charge in [-0.25, -0.2) is 4.68 Å². The van der Waals surface area contributed by atoms with Crippen LogP contribution in [0.4, 0.5) is 0 Å². The summed E-state index contributed by atoms with van der Waals surface area (Å²) >= 11 is 3.41. The van der Waals surface area contributed by atoms with Crippen molar-refractivity contribution in [3.05, 3.63) is 46.2 Å². The van der Waals surface area contributed by atoms with Gasteiger partial charge in [-0.3, -0.25) is 9.59 Å². The highest BCUT2D eigenvalue weighted by Gasteiger charge is 2.45. The molecule has 1 fully saturated rings. The van der Waals surface area contributed by atoms with Gasteiger partial charge in [0.1, 0.15) is 12.2 Å². The predicted molar refractivity (Wildman–Crippen MR) is 89.2 cm³/mol. The molecule has 0 unspecified atom stereocenters. The molecule has 0 atom stereocenters. The van der Waals surface area contributed by atoms with Gasteiger partial charge in [0.05, 0.1) is 18.2 Å². The number of carboxylic acid groups (broad SMARTS) is 1. The van der Waals surface area contributed by atoms with Gasteiger partial charge in [-0.15, -0.1) is 5.10 Å². The van der Waals surface area contributed by atoms with Crippen LogP contribution in [0.3, 0.4) is 0 Å². The van der Waals surface area contributed by atoms with Crippen molar-refractivity contribution in [2.24, 2.45) is 0 Å². The lowest BCUT2D eigenvalue weighted by atomic mass is 9.64. The quantitative estimate of drug-likeness (QED) is 0.781. The smallest absolute Gasteiger partial charge is 0.325 e. The molecular weight excluding hydrogens is 376 g/mol. The fourth-order valence-corrected chi connectivity index (χ4v) is 3.19. The van der Waals surface area contributed by atoms with Crippen LogP contribution in [0.25, 0.3) is 0 Å². The molecule has 1 aliphatic carbocycles. The number of benzene rings is 1. The Morgan fingerprint density at radius 1 is 1.29 bits per heavy atom. The van der Waals surface area contributed by atoms with Gasteiger partial charge in [0.2, 0.25) is 5.91 Å². The predicted octanol–water partition coefficient (Wildman–Crippen LogP) is 1.86. The molecule has 0 spiro atoms. The molecule has 1 saturated carbocycles. The van der Waals surface area contributed by atoms with E-state index in [0.717, 1.165) is 29.3 Å². The van der Waals surface area contributed by atoms with Crippen molar-refractivity contribution in [1.29, 1.82) is 0 Å². The zero-order chi connectivity index (χ0) is 17.2. The fourth-order valence-electron chi connectivity index (χ4n) is 2.92. The molecule has 1 aromatic carbocycles. The third kappa shape index (κ3) is 3.33. The third-order valence-electron chi connectivity index (χ3n) is 4.35. The van der Waals surface area contributed by atoms with E-state index >= 15 is 0 Å². The lowest BCUT2D eigenvalue weighted by Gasteiger charge is -2.40. The van der Waals surface area contributed by atoms with Crippen LogP contribution in [0.1, 0.15) is 30.5 Å². The summed E-state index contributed by atoms with van der Waals surface area (Å²) in [6, 6.07) is 7.85. The van der Waals surface area contributed by atoms with Gasteiger partial charge < -0.3 is 10.4 Å². The van der Waals surface area contributed by atoms with Crippen molar-refractivity contribution in [1.82, 2.24) is 20.3 Å². The first kappa shape index (κ1) is 16.6. The van der Waals surface area contributed by atoms with Crippen molar-refractivity contribution < 1.29 is 14.7 Å². The summed E-state index contributed by atoms with van der Waals surface area (Å²) in [5.41, 5.74) is 1.08. The minimum atomic E-state index is -0.987. The first-order valence-corrected chi connectivity index (χ1v) is 8.44. The highest BCUT2D eigenvalue weighted by Crippen LogP contribution is 2.44. The van der Waals surface area contributed by atoms with Crippen molar-refractivity contribution in [3.8, 4) is 0 Å². The molecule has 1 aliphatic rings. The molecule has 126 valence electrons. The Morgan fingerprint density at radius 3 is 2.58 bits per heavy atom. The SMILES string of the molecule is O=C(O)Cn1cc(CNC(=O)C2(c3ccc(Br)cc3)CCC2)nn1. The topological polar surface area (TPSA) is 97.1 Å². The summed E-state index contributed by atoms with van der Waals surface area (Å²) in [6.45, 7) is -0.0134. The average Bonchev–Trinajstić information content (AvgIpc) is 2.92. The van der Waals surface area contributed by atoms with E-state index in [1.807, 2.05) is 24.3 Å². The van der Waals surface area contributed by atoms with Crippen LogP contribution in [-0.2, 0) is 28.1 Å². The van der Waals surface area contributed by atoms with Crippen molar-refractivity contribution in [2.45, 2.75) is 37.8 Å². The molecular formula is C16H17BrN4O3. The zero-order valence-corrected chi connectivity index (χ0v) is 14.5. The minimum Gasteiger partial charge on any atom is -0.480 e. The number of hydrogen-bond donors (Lipinski definition) is 2. The Bertz CT molecular complexity index is 753. The van der Waals surface area contributed by atoms with Crippen LogP contribution < -0.4 is 5.32 Å². The van der Waals surface area contributed by atoms with E-state index in [1.54, 1.807) is 0 Å². The first-order valence-electron chi connectivity index (χ1n) is 7.65.